The number of hydrogen-bond donors (Lipinski definition) is 1. The molecule has 2 aromatic rings. The van der Waals surface area contributed by atoms with E-state index >= 15 is 0 Å². The van der Waals surface area contributed by atoms with Gasteiger partial charge in [-0.1, -0.05) is 38.5 Å². The summed E-state index contributed by atoms with van der Waals surface area (Å²) in [6.45, 7) is 12.0. The number of urea groups is 1. The summed E-state index contributed by atoms with van der Waals surface area (Å²) in [5.74, 6) is 0.813. The number of pyridine rings is 1. The van der Waals surface area contributed by atoms with E-state index in [-0.39, 0.29) is 18.2 Å². The third kappa shape index (κ3) is 6.27. The summed E-state index contributed by atoms with van der Waals surface area (Å²) in [6.07, 6.45) is 4.35. The van der Waals surface area contributed by atoms with Crippen LogP contribution in [-0.4, -0.2) is 35.7 Å². The molecule has 0 spiro atoms. The van der Waals surface area contributed by atoms with Gasteiger partial charge in [0, 0.05) is 25.5 Å². The van der Waals surface area contributed by atoms with Crippen molar-refractivity contribution in [1.29, 1.82) is 0 Å². The van der Waals surface area contributed by atoms with Crippen LogP contribution in [0.3, 0.4) is 0 Å². The molecule has 0 aliphatic carbocycles. The maximum Gasteiger partial charge on any atom is 0.320 e. The molecule has 0 radical (unpaired) electrons. The Balaban J connectivity index is 1.89. The predicted molar refractivity (Wildman–Crippen MR) is 109 cm³/mol. The molecule has 1 N–H and O–H groups in total. The third-order valence-electron chi connectivity index (χ3n) is 4.48. The van der Waals surface area contributed by atoms with E-state index in [1.54, 1.807) is 17.3 Å². The number of ether oxygens (including phenoxy) is 1. The maximum atomic E-state index is 12.4. The quantitative estimate of drug-likeness (QED) is 0.741. The first kappa shape index (κ1) is 20.7. The summed E-state index contributed by atoms with van der Waals surface area (Å²) < 4.78 is 5.88. The smallest absolute Gasteiger partial charge is 0.320 e. The summed E-state index contributed by atoms with van der Waals surface area (Å²) in [6, 6.07) is 9.98. The Bertz CT molecular complexity index is 739. The second kappa shape index (κ2) is 9.40. The van der Waals surface area contributed by atoms with E-state index in [2.05, 4.69) is 44.1 Å². The zero-order valence-corrected chi connectivity index (χ0v) is 17.1. The topological polar surface area (TPSA) is 54.5 Å². The van der Waals surface area contributed by atoms with Gasteiger partial charge < -0.3 is 15.0 Å². The predicted octanol–water partition coefficient (Wildman–Crippen LogP) is 4.30. The van der Waals surface area contributed by atoms with Crippen LogP contribution in [-0.2, 0) is 11.8 Å². The van der Waals surface area contributed by atoms with E-state index in [9.17, 15) is 4.79 Å². The van der Waals surface area contributed by atoms with Gasteiger partial charge in [-0.05, 0) is 55.0 Å². The lowest BCUT2D eigenvalue weighted by molar-refractivity contribution is 0.187. The zero-order chi connectivity index (χ0) is 19.9. The molecule has 146 valence electrons. The Morgan fingerprint density at radius 1 is 1.19 bits per heavy atom. The molecule has 0 fully saturated rings. The zero-order valence-electron chi connectivity index (χ0n) is 17.1. The number of aryl methyl sites for hydroxylation is 1. The van der Waals surface area contributed by atoms with Crippen molar-refractivity contribution < 1.29 is 9.53 Å². The van der Waals surface area contributed by atoms with Crippen LogP contribution < -0.4 is 10.1 Å². The minimum absolute atomic E-state index is 0.0225. The maximum absolute atomic E-state index is 12.4. The summed E-state index contributed by atoms with van der Waals surface area (Å²) in [5, 5.41) is 2.86. The van der Waals surface area contributed by atoms with Crippen molar-refractivity contribution in [3.05, 3.63) is 59.4 Å². The molecule has 0 saturated carbocycles. The standard InChI is InChI=1S/C22H31N3O2/c1-6-25(14-11-18-9-12-23-13-10-18)21(26)24-16-27-20-8-7-17(2)15-19(20)22(3,4)5/h7-10,12-13,15H,6,11,14,16H2,1-5H3,(H,24,26). The Morgan fingerprint density at radius 3 is 2.52 bits per heavy atom. The fraction of sp³-hybridized carbons (Fsp3) is 0.455. The number of nitrogens with zero attached hydrogens (tertiary/aromatic N) is 2. The molecule has 1 heterocycles. The van der Waals surface area contributed by atoms with Crippen LogP contribution in [0.1, 0.15) is 44.4 Å². The normalized spacial score (nSPS) is 11.1. The highest BCUT2D eigenvalue weighted by Gasteiger charge is 2.19. The summed E-state index contributed by atoms with van der Waals surface area (Å²) >= 11 is 0. The molecule has 27 heavy (non-hydrogen) atoms. The fourth-order valence-electron chi connectivity index (χ4n) is 2.86. The molecule has 5 heteroatoms. The van der Waals surface area contributed by atoms with Crippen molar-refractivity contribution in [2.24, 2.45) is 0 Å². The van der Waals surface area contributed by atoms with Gasteiger partial charge in [0.25, 0.3) is 0 Å². The Hall–Kier alpha value is -2.56. The molecule has 1 aromatic heterocycles. The van der Waals surface area contributed by atoms with E-state index in [0.29, 0.717) is 13.1 Å². The second-order valence-electron chi connectivity index (χ2n) is 7.71. The first-order chi connectivity index (χ1) is 12.8. The second-order valence-corrected chi connectivity index (χ2v) is 7.71. The number of nitrogens with one attached hydrogen (secondary N) is 1. The number of carbonyl (C=O) groups is 1. The van der Waals surface area contributed by atoms with Crippen LogP contribution >= 0.6 is 0 Å². The lowest BCUT2D eigenvalue weighted by atomic mass is 9.85. The Labute approximate surface area is 162 Å². The van der Waals surface area contributed by atoms with E-state index < -0.39 is 0 Å². The van der Waals surface area contributed by atoms with Crippen molar-refractivity contribution in [2.75, 3.05) is 19.8 Å². The monoisotopic (exact) mass is 369 g/mol. The molecule has 1 aromatic carbocycles. The van der Waals surface area contributed by atoms with Gasteiger partial charge in [-0.3, -0.25) is 4.98 Å². The lowest BCUT2D eigenvalue weighted by Crippen LogP contribution is -2.42. The highest BCUT2D eigenvalue weighted by Crippen LogP contribution is 2.31. The van der Waals surface area contributed by atoms with Crippen molar-refractivity contribution in [1.82, 2.24) is 15.2 Å². The summed E-state index contributed by atoms with van der Waals surface area (Å²) in [5.41, 5.74) is 3.49. The average molecular weight is 370 g/mol. The van der Waals surface area contributed by atoms with Crippen LogP contribution in [0.4, 0.5) is 4.79 Å². The van der Waals surface area contributed by atoms with Crippen LogP contribution in [0, 0.1) is 6.92 Å². The van der Waals surface area contributed by atoms with E-state index in [0.717, 1.165) is 17.7 Å². The van der Waals surface area contributed by atoms with Gasteiger partial charge in [-0.15, -0.1) is 0 Å². The van der Waals surface area contributed by atoms with Gasteiger partial charge in [-0.25, -0.2) is 4.79 Å². The molecule has 0 atom stereocenters. The largest absolute Gasteiger partial charge is 0.473 e. The summed E-state index contributed by atoms with van der Waals surface area (Å²) in [4.78, 5) is 18.2. The molecule has 0 saturated heterocycles. The highest BCUT2D eigenvalue weighted by atomic mass is 16.5. The van der Waals surface area contributed by atoms with Gasteiger partial charge in [0.2, 0.25) is 0 Å². The van der Waals surface area contributed by atoms with Gasteiger partial charge in [0.1, 0.15) is 5.75 Å². The van der Waals surface area contributed by atoms with Crippen LogP contribution in [0.15, 0.2) is 42.7 Å². The van der Waals surface area contributed by atoms with Gasteiger partial charge in [-0.2, -0.15) is 0 Å². The summed E-state index contributed by atoms with van der Waals surface area (Å²) in [7, 11) is 0. The van der Waals surface area contributed by atoms with Crippen LogP contribution in [0.2, 0.25) is 0 Å². The number of benzene rings is 1. The molecular formula is C22H31N3O2. The van der Waals surface area contributed by atoms with E-state index in [4.69, 9.17) is 4.74 Å². The first-order valence-electron chi connectivity index (χ1n) is 9.47. The number of aromatic nitrogens is 1. The van der Waals surface area contributed by atoms with Gasteiger partial charge >= 0.3 is 6.03 Å². The Morgan fingerprint density at radius 2 is 1.89 bits per heavy atom. The van der Waals surface area contributed by atoms with E-state index in [1.165, 1.54) is 11.1 Å². The molecule has 0 unspecified atom stereocenters. The molecule has 0 aliphatic rings. The lowest BCUT2D eigenvalue weighted by Gasteiger charge is -2.24. The number of amides is 2. The SMILES string of the molecule is CCN(CCc1ccncc1)C(=O)NCOc1ccc(C)cc1C(C)(C)C. The molecule has 2 rings (SSSR count). The number of rotatable bonds is 7. The molecule has 2 amide bonds. The van der Waals surface area contributed by atoms with Gasteiger partial charge in [0.05, 0.1) is 0 Å². The number of hydrogen-bond acceptors (Lipinski definition) is 3. The number of likely N-dealkylation sites (N-methyl/N-ethyl adjacent to an activating group) is 1. The van der Waals surface area contributed by atoms with Crippen molar-refractivity contribution in [3.63, 3.8) is 0 Å². The van der Waals surface area contributed by atoms with E-state index in [1.807, 2.05) is 31.2 Å². The average Bonchev–Trinajstić information content (AvgIpc) is 2.63. The van der Waals surface area contributed by atoms with Crippen molar-refractivity contribution in [3.8, 4) is 5.75 Å². The molecule has 0 bridgehead atoms. The molecule has 0 aliphatic heterocycles. The third-order valence-corrected chi connectivity index (χ3v) is 4.48. The Kier molecular flexibility index (Phi) is 7.22. The minimum atomic E-state index is -0.115. The van der Waals surface area contributed by atoms with Crippen molar-refractivity contribution >= 4 is 6.03 Å². The van der Waals surface area contributed by atoms with Crippen LogP contribution in [0.5, 0.6) is 5.75 Å². The minimum Gasteiger partial charge on any atom is -0.473 e. The van der Waals surface area contributed by atoms with Gasteiger partial charge in [0.15, 0.2) is 6.73 Å². The fourth-order valence-corrected chi connectivity index (χ4v) is 2.86. The highest BCUT2D eigenvalue weighted by molar-refractivity contribution is 5.74. The molecular weight excluding hydrogens is 338 g/mol. The molecule has 5 nitrogen and oxygen atoms in total. The number of carbonyl (C=O) groups excluding carboxylic acids is 1. The van der Waals surface area contributed by atoms with Crippen LogP contribution in [0.25, 0.3) is 0 Å². The van der Waals surface area contributed by atoms with Crippen molar-refractivity contribution in [2.45, 2.75) is 46.5 Å². The first-order valence-corrected chi connectivity index (χ1v) is 9.47.